The maximum atomic E-state index is 13.8. The Bertz CT molecular complexity index is 2770. The number of hydrogen-bond donors (Lipinski definition) is 5. The van der Waals surface area contributed by atoms with Crippen LogP contribution in [0.5, 0.6) is 0 Å². The molecule has 0 spiro atoms. The summed E-state index contributed by atoms with van der Waals surface area (Å²) >= 11 is 4.71. The highest BCUT2D eigenvalue weighted by molar-refractivity contribution is 6.66. The fourth-order valence-corrected chi connectivity index (χ4v) is 9.45. The molecule has 364 valence electrons. The number of fused-ring (bicyclic) bond motifs is 4. The molecular weight excluding hydrogens is 902 g/mol. The molecule has 69 heavy (non-hydrogen) atoms. The minimum Gasteiger partial charge on any atom is -0.358 e. The molecule has 0 bridgehead atoms. The molecule has 0 saturated carbocycles. The molecule has 2 aliphatic heterocycles. The number of rotatable bonds is 14. The molecule has 2 aromatic carbocycles. The summed E-state index contributed by atoms with van der Waals surface area (Å²) in [7, 11) is 3.43. The summed E-state index contributed by atoms with van der Waals surface area (Å²) in [5, 5.41) is 8.09. The van der Waals surface area contributed by atoms with Crippen molar-refractivity contribution >= 4 is 80.8 Å². The number of amides is 3. The van der Waals surface area contributed by atoms with Gasteiger partial charge in [-0.15, -0.1) is 0 Å². The van der Waals surface area contributed by atoms with Gasteiger partial charge in [0.1, 0.15) is 17.4 Å². The second-order valence-electron chi connectivity index (χ2n) is 18.2. The van der Waals surface area contributed by atoms with Crippen LogP contribution >= 0.6 is 11.6 Å². The third-order valence-electron chi connectivity index (χ3n) is 14.0. The summed E-state index contributed by atoms with van der Waals surface area (Å²) in [5.41, 5.74) is 12.3. The smallest absolute Gasteiger partial charge is 0.256 e. The van der Waals surface area contributed by atoms with Crippen molar-refractivity contribution in [3.63, 3.8) is 0 Å². The molecule has 4 aromatic rings. The average Bonchev–Trinajstić information content (AvgIpc) is 4.04. The first-order valence-electron chi connectivity index (χ1n) is 23.3. The van der Waals surface area contributed by atoms with E-state index in [2.05, 4.69) is 46.0 Å². The Morgan fingerprint density at radius 3 is 1.61 bits per heavy atom. The standard InChI is InChI=1S/C27H30FN3O3.C24H28FN3O2.C3H3ClO/c1-5-26(33)31(4)16(3)25(32)11-7-17-6-9-19-15(2)23(29-24(19)12-17)14-21-20-13-18(28)8-10-22(20)30-27(21)34;1-13-17-7-4-15(5-9-23(29)14(2)26-3)10-22(17)27-21(13)12-19-18-11-16(25)6-8-20(18)28-24(19)30;1-2-3(4)5/h5,8,10,13-14,16-17,29H,1,6-7,9,11-12H2,2-4H3,(H,30,34);6,8,11-12,14-15,26-27H,4-5,7,9-10H2,1-3H3,(H,28,30);2H,1H2/b21-14-;19-12-;/t16-,17?;14-,15?;/m00./s1. The highest BCUT2D eigenvalue weighted by Gasteiger charge is 2.30. The van der Waals surface area contributed by atoms with Gasteiger partial charge in [0.2, 0.25) is 11.1 Å². The average molecular weight is 964 g/mol. The molecule has 15 heteroatoms. The predicted octanol–water partition coefficient (Wildman–Crippen LogP) is 9.40. The zero-order valence-electron chi connectivity index (χ0n) is 40.1. The molecule has 0 radical (unpaired) electrons. The third kappa shape index (κ3) is 12.2. The molecule has 5 N–H and O–H groups in total. The van der Waals surface area contributed by atoms with E-state index in [1.807, 2.05) is 27.0 Å². The molecule has 2 aliphatic carbocycles. The summed E-state index contributed by atoms with van der Waals surface area (Å²) in [4.78, 5) is 79.3. The van der Waals surface area contributed by atoms with Gasteiger partial charge in [0.05, 0.1) is 23.2 Å². The minimum absolute atomic E-state index is 0.0507. The molecule has 12 nitrogen and oxygen atoms in total. The van der Waals surface area contributed by atoms with E-state index >= 15 is 0 Å². The van der Waals surface area contributed by atoms with Crippen molar-refractivity contribution in [2.24, 2.45) is 11.8 Å². The Labute approximate surface area is 407 Å². The van der Waals surface area contributed by atoms with Gasteiger partial charge >= 0.3 is 0 Å². The number of aromatic nitrogens is 2. The topological polar surface area (TPSA) is 173 Å². The van der Waals surface area contributed by atoms with Gasteiger partial charge in [0, 0.05) is 65.2 Å². The van der Waals surface area contributed by atoms with Crippen LogP contribution in [0, 0.1) is 37.3 Å². The summed E-state index contributed by atoms with van der Waals surface area (Å²) in [6.45, 7) is 14.3. The number of hydrogen-bond acceptors (Lipinski definition) is 7. The number of Topliss-reactive ketones (excluding diaryl/α,β-unsaturated/α-hetero) is 2. The van der Waals surface area contributed by atoms with Gasteiger partial charge in [-0.3, -0.25) is 28.8 Å². The molecule has 8 rings (SSSR count). The van der Waals surface area contributed by atoms with E-state index in [9.17, 15) is 37.5 Å². The molecular formula is C54H61ClF2N6O6. The van der Waals surface area contributed by atoms with Gasteiger partial charge in [-0.2, -0.15) is 0 Å². The van der Waals surface area contributed by atoms with Crippen LogP contribution in [-0.2, 0) is 54.5 Å². The monoisotopic (exact) mass is 962 g/mol. The fraction of sp³-hybridized carbons (Fsp3) is 0.370. The number of likely N-dealkylation sites (N-methyl/N-ethyl adjacent to an activating group) is 2. The van der Waals surface area contributed by atoms with Crippen molar-refractivity contribution in [2.75, 3.05) is 24.7 Å². The number of benzene rings is 2. The third-order valence-corrected chi connectivity index (χ3v) is 14.1. The van der Waals surface area contributed by atoms with E-state index in [1.54, 1.807) is 32.2 Å². The van der Waals surface area contributed by atoms with Gasteiger partial charge < -0.3 is 30.8 Å². The molecule has 4 heterocycles. The number of H-pyrrole nitrogens is 2. The Morgan fingerprint density at radius 2 is 1.20 bits per heavy atom. The van der Waals surface area contributed by atoms with Gasteiger partial charge in [0.15, 0.2) is 5.78 Å². The number of allylic oxidation sites excluding steroid dienone is 1. The normalized spacial score (nSPS) is 18.4. The Hall–Kier alpha value is -6.51. The maximum absolute atomic E-state index is 13.8. The zero-order valence-corrected chi connectivity index (χ0v) is 40.9. The van der Waals surface area contributed by atoms with Crippen LogP contribution in [0.2, 0.25) is 0 Å². The van der Waals surface area contributed by atoms with E-state index < -0.39 is 11.3 Å². The van der Waals surface area contributed by atoms with Gasteiger partial charge in [-0.05, 0) is 193 Å². The Balaban J connectivity index is 0.000000208. The first kappa shape index (κ1) is 51.9. The van der Waals surface area contributed by atoms with Crippen LogP contribution in [0.3, 0.4) is 0 Å². The Kier molecular flexibility index (Phi) is 17.1. The van der Waals surface area contributed by atoms with Gasteiger partial charge in [-0.25, -0.2) is 8.78 Å². The summed E-state index contributed by atoms with van der Waals surface area (Å²) in [6.07, 6.45) is 14.3. The van der Waals surface area contributed by atoms with Crippen molar-refractivity contribution in [3.8, 4) is 0 Å². The Morgan fingerprint density at radius 1 is 0.768 bits per heavy atom. The zero-order chi connectivity index (χ0) is 50.3. The fourth-order valence-electron chi connectivity index (χ4n) is 9.45. The number of carbonyl (C=O) groups is 6. The molecule has 4 aliphatic rings. The van der Waals surface area contributed by atoms with E-state index in [-0.39, 0.29) is 47.0 Å². The molecule has 2 unspecified atom stereocenters. The number of anilines is 2. The summed E-state index contributed by atoms with van der Waals surface area (Å²) in [5.74, 6) is -0.284. The highest BCUT2D eigenvalue weighted by atomic mass is 35.5. The quantitative estimate of drug-likeness (QED) is 0.0619. The predicted molar refractivity (Wildman–Crippen MR) is 268 cm³/mol. The minimum atomic E-state index is -0.509. The van der Waals surface area contributed by atoms with Crippen LogP contribution in [-0.4, -0.2) is 75.6 Å². The molecule has 0 fully saturated rings. The lowest BCUT2D eigenvalue weighted by Crippen LogP contribution is -2.39. The highest BCUT2D eigenvalue weighted by Crippen LogP contribution is 2.39. The van der Waals surface area contributed by atoms with Crippen molar-refractivity contribution in [1.82, 2.24) is 20.2 Å². The van der Waals surface area contributed by atoms with E-state index in [1.165, 1.54) is 52.1 Å². The van der Waals surface area contributed by atoms with Crippen LogP contribution < -0.4 is 16.0 Å². The van der Waals surface area contributed by atoms with Gasteiger partial charge in [0.25, 0.3) is 11.8 Å². The van der Waals surface area contributed by atoms with Crippen molar-refractivity contribution in [1.29, 1.82) is 0 Å². The number of ketones is 2. The number of carbonyl (C=O) groups excluding carboxylic acids is 6. The molecule has 0 saturated heterocycles. The molecule has 2 aromatic heterocycles. The van der Waals surface area contributed by atoms with Crippen LogP contribution in [0.4, 0.5) is 20.2 Å². The second kappa shape index (κ2) is 22.7. The van der Waals surface area contributed by atoms with Crippen LogP contribution in [0.15, 0.2) is 61.7 Å². The second-order valence-corrected chi connectivity index (χ2v) is 18.6. The largest absolute Gasteiger partial charge is 0.358 e. The summed E-state index contributed by atoms with van der Waals surface area (Å²) < 4.78 is 27.5. The number of aromatic amines is 2. The lowest BCUT2D eigenvalue weighted by Gasteiger charge is -2.25. The maximum Gasteiger partial charge on any atom is 0.256 e. The molecule has 3 amide bonds. The van der Waals surface area contributed by atoms with Crippen LogP contribution in [0.25, 0.3) is 23.3 Å². The first-order chi connectivity index (χ1) is 32.8. The lowest BCUT2D eigenvalue weighted by molar-refractivity contribution is -0.134. The SMILES string of the molecule is C=CC(=O)Cl.C=CC(=O)N(C)[C@@H](C)C(=O)CCC1CCc2c([nH]c(/C=C3\C(=O)Nc4ccc(F)cc43)c2C)C1.CN[C@@H](C)C(=O)CCC1CCc2c([nH]c(/C=C3\C(=O)Nc4ccc(F)cc43)c2C)C1. The summed E-state index contributed by atoms with van der Waals surface area (Å²) in [6, 6.07) is 8.07. The molecule has 4 atom stereocenters. The van der Waals surface area contributed by atoms with Crippen molar-refractivity contribution in [3.05, 3.63) is 129 Å². The van der Waals surface area contributed by atoms with Crippen LogP contribution in [0.1, 0.15) is 109 Å². The first-order valence-corrected chi connectivity index (χ1v) is 23.7. The van der Waals surface area contributed by atoms with Gasteiger partial charge in [-0.1, -0.05) is 13.2 Å². The lowest BCUT2D eigenvalue weighted by atomic mass is 9.83. The number of nitrogens with one attached hydrogen (secondary N) is 5. The van der Waals surface area contributed by atoms with Crippen molar-refractivity contribution < 1.29 is 37.5 Å². The van der Waals surface area contributed by atoms with E-state index in [4.69, 9.17) is 11.6 Å². The number of nitrogens with zero attached hydrogens (tertiary/aromatic N) is 1. The number of halogens is 3. The van der Waals surface area contributed by atoms with E-state index in [0.717, 1.165) is 85.7 Å². The van der Waals surface area contributed by atoms with E-state index in [0.29, 0.717) is 58.3 Å². The van der Waals surface area contributed by atoms with Crippen molar-refractivity contribution in [2.45, 2.75) is 104 Å².